The largest absolute Gasteiger partial charge is 0.494 e. The van der Waals surface area contributed by atoms with E-state index in [0.717, 1.165) is 11.3 Å². The van der Waals surface area contributed by atoms with Crippen molar-refractivity contribution < 1.29 is 24.2 Å². The average molecular weight is 369 g/mol. The molecule has 3 rings (SSSR count). The van der Waals surface area contributed by atoms with Gasteiger partial charge in [-0.15, -0.1) is 0 Å². The average Bonchev–Trinajstić information content (AvgIpc) is 3.14. The molecule has 0 unspecified atom stereocenters. The van der Waals surface area contributed by atoms with Crippen LogP contribution in [0.5, 0.6) is 11.5 Å². The van der Waals surface area contributed by atoms with E-state index in [2.05, 4.69) is 0 Å². The molecule has 1 saturated heterocycles. The number of carbonyl (C=O) groups excluding carboxylic acids is 1. The first-order valence-electron chi connectivity index (χ1n) is 8.99. The molecule has 142 valence electrons. The molecular formula is C21H23NO5. The lowest BCUT2D eigenvalue weighted by atomic mass is 9.89. The van der Waals surface area contributed by atoms with Gasteiger partial charge in [-0.25, -0.2) is 0 Å². The molecule has 1 heterocycles. The summed E-state index contributed by atoms with van der Waals surface area (Å²) in [6.07, 6.45) is 0. The summed E-state index contributed by atoms with van der Waals surface area (Å²) in [5.41, 5.74) is 0.938. The van der Waals surface area contributed by atoms with Crippen LogP contribution in [0.25, 0.3) is 0 Å². The summed E-state index contributed by atoms with van der Waals surface area (Å²) >= 11 is 0. The number of hydrogen-bond acceptors (Lipinski definition) is 4. The molecule has 0 bridgehead atoms. The molecule has 0 aliphatic carbocycles. The van der Waals surface area contributed by atoms with Crippen molar-refractivity contribution in [2.45, 2.75) is 12.8 Å². The summed E-state index contributed by atoms with van der Waals surface area (Å²) in [4.78, 5) is 25.7. The molecule has 1 aliphatic heterocycles. The van der Waals surface area contributed by atoms with Crippen LogP contribution >= 0.6 is 0 Å². The molecule has 0 aromatic heterocycles. The Hall–Kier alpha value is -3.02. The van der Waals surface area contributed by atoms with E-state index in [4.69, 9.17) is 9.47 Å². The fourth-order valence-corrected chi connectivity index (χ4v) is 3.33. The molecule has 1 N–H and O–H groups in total. The molecule has 6 heteroatoms. The van der Waals surface area contributed by atoms with Gasteiger partial charge in [0.25, 0.3) is 5.91 Å². The highest BCUT2D eigenvalue weighted by atomic mass is 16.5. The van der Waals surface area contributed by atoms with Crippen molar-refractivity contribution in [1.82, 2.24) is 4.90 Å². The van der Waals surface area contributed by atoms with Gasteiger partial charge in [0, 0.05) is 19.0 Å². The van der Waals surface area contributed by atoms with Crippen molar-refractivity contribution in [2.24, 2.45) is 5.92 Å². The van der Waals surface area contributed by atoms with Gasteiger partial charge in [0.05, 0.1) is 12.5 Å². The molecule has 0 radical (unpaired) electrons. The summed E-state index contributed by atoms with van der Waals surface area (Å²) in [6, 6.07) is 16.5. The smallest absolute Gasteiger partial charge is 0.308 e. The van der Waals surface area contributed by atoms with Gasteiger partial charge in [-0.05, 0) is 36.8 Å². The van der Waals surface area contributed by atoms with Gasteiger partial charge in [0.2, 0.25) is 0 Å². The minimum Gasteiger partial charge on any atom is -0.494 e. The first-order chi connectivity index (χ1) is 13.1. The number of amides is 1. The number of carbonyl (C=O) groups is 2. The number of ether oxygens (including phenoxy) is 2. The quantitative estimate of drug-likeness (QED) is 0.812. The van der Waals surface area contributed by atoms with Crippen LogP contribution < -0.4 is 9.47 Å². The summed E-state index contributed by atoms with van der Waals surface area (Å²) < 4.78 is 10.9. The van der Waals surface area contributed by atoms with Crippen LogP contribution in [0.4, 0.5) is 0 Å². The van der Waals surface area contributed by atoms with Crippen LogP contribution in [0.3, 0.4) is 0 Å². The maximum absolute atomic E-state index is 12.5. The fourth-order valence-electron chi connectivity index (χ4n) is 3.33. The van der Waals surface area contributed by atoms with Gasteiger partial charge in [-0.2, -0.15) is 0 Å². The lowest BCUT2D eigenvalue weighted by Gasteiger charge is -2.17. The van der Waals surface area contributed by atoms with E-state index in [9.17, 15) is 14.7 Å². The van der Waals surface area contributed by atoms with Crippen LogP contribution in [0.1, 0.15) is 18.4 Å². The molecule has 2 aromatic carbocycles. The van der Waals surface area contributed by atoms with E-state index in [1.54, 1.807) is 29.2 Å². The highest BCUT2D eigenvalue weighted by Gasteiger charge is 2.40. The lowest BCUT2D eigenvalue weighted by Crippen LogP contribution is -2.33. The second kappa shape index (κ2) is 8.58. The third-order valence-corrected chi connectivity index (χ3v) is 4.71. The van der Waals surface area contributed by atoms with Crippen LogP contribution in [0, 0.1) is 5.92 Å². The maximum atomic E-state index is 12.5. The van der Waals surface area contributed by atoms with Gasteiger partial charge < -0.3 is 19.5 Å². The van der Waals surface area contributed by atoms with E-state index in [1.807, 2.05) is 37.3 Å². The number of benzene rings is 2. The summed E-state index contributed by atoms with van der Waals surface area (Å²) in [5, 5.41) is 9.54. The highest BCUT2D eigenvalue weighted by Crippen LogP contribution is 2.33. The Balaban J connectivity index is 1.60. The summed E-state index contributed by atoms with van der Waals surface area (Å²) in [7, 11) is 0. The van der Waals surface area contributed by atoms with Gasteiger partial charge in [-0.1, -0.05) is 30.3 Å². The van der Waals surface area contributed by atoms with Crippen molar-refractivity contribution in [2.75, 3.05) is 26.3 Å². The number of nitrogens with zero attached hydrogens (tertiary/aromatic N) is 1. The van der Waals surface area contributed by atoms with E-state index in [1.165, 1.54) is 0 Å². The topological polar surface area (TPSA) is 76.1 Å². The Morgan fingerprint density at radius 1 is 1.00 bits per heavy atom. The van der Waals surface area contributed by atoms with Gasteiger partial charge in [-0.3, -0.25) is 9.59 Å². The zero-order chi connectivity index (χ0) is 19.2. The molecule has 1 aliphatic rings. The Kier molecular flexibility index (Phi) is 5.96. The molecular weight excluding hydrogens is 346 g/mol. The third kappa shape index (κ3) is 4.58. The van der Waals surface area contributed by atoms with Gasteiger partial charge in [0.1, 0.15) is 11.5 Å². The Morgan fingerprint density at radius 3 is 2.22 bits per heavy atom. The van der Waals surface area contributed by atoms with Crippen molar-refractivity contribution in [3.8, 4) is 11.5 Å². The van der Waals surface area contributed by atoms with Crippen LogP contribution in [-0.2, 0) is 9.59 Å². The number of rotatable bonds is 7. The Labute approximate surface area is 158 Å². The van der Waals surface area contributed by atoms with Gasteiger partial charge >= 0.3 is 5.97 Å². The first-order valence-corrected chi connectivity index (χ1v) is 8.99. The number of carboxylic acid groups (broad SMARTS) is 1. The highest BCUT2D eigenvalue weighted by molar-refractivity contribution is 5.80. The molecule has 2 aromatic rings. The SMILES string of the molecule is CCOc1ccc(OCC(=O)N2C[C@H](C(=O)O)[C@H](c3ccccc3)C2)cc1. The van der Waals surface area contributed by atoms with Crippen molar-refractivity contribution in [1.29, 1.82) is 0 Å². The van der Waals surface area contributed by atoms with Crippen LogP contribution in [0.15, 0.2) is 54.6 Å². The van der Waals surface area contributed by atoms with Crippen LogP contribution in [0.2, 0.25) is 0 Å². The van der Waals surface area contributed by atoms with Crippen molar-refractivity contribution in [3.05, 3.63) is 60.2 Å². The minimum absolute atomic E-state index is 0.123. The van der Waals surface area contributed by atoms with Crippen molar-refractivity contribution >= 4 is 11.9 Å². The molecule has 6 nitrogen and oxygen atoms in total. The molecule has 27 heavy (non-hydrogen) atoms. The maximum Gasteiger partial charge on any atom is 0.308 e. The van der Waals surface area contributed by atoms with E-state index in [0.29, 0.717) is 18.9 Å². The predicted octanol–water partition coefficient (Wildman–Crippen LogP) is 2.79. The molecule has 1 fully saturated rings. The Bertz CT molecular complexity index is 775. The van der Waals surface area contributed by atoms with Gasteiger partial charge in [0.15, 0.2) is 6.61 Å². The molecule has 2 atom stereocenters. The van der Waals surface area contributed by atoms with E-state index in [-0.39, 0.29) is 25.0 Å². The number of likely N-dealkylation sites (tertiary alicyclic amines) is 1. The zero-order valence-corrected chi connectivity index (χ0v) is 15.2. The number of aliphatic carboxylic acids is 1. The fraction of sp³-hybridized carbons (Fsp3) is 0.333. The van der Waals surface area contributed by atoms with Crippen LogP contribution in [-0.4, -0.2) is 48.2 Å². The second-order valence-electron chi connectivity index (χ2n) is 6.45. The molecule has 1 amide bonds. The zero-order valence-electron chi connectivity index (χ0n) is 15.2. The normalized spacial score (nSPS) is 18.9. The standard InChI is InChI=1S/C21H23NO5/c1-2-26-16-8-10-17(11-9-16)27-14-20(23)22-12-18(19(13-22)21(24)25)15-6-4-3-5-7-15/h3-11,18-19H,2,12-14H2,1H3,(H,24,25)/t18-,19-/m0/s1. The first kappa shape index (κ1) is 18.8. The molecule has 0 saturated carbocycles. The molecule has 0 spiro atoms. The summed E-state index contributed by atoms with van der Waals surface area (Å²) in [5.74, 6) is -0.605. The lowest BCUT2D eigenvalue weighted by molar-refractivity contribution is -0.142. The van der Waals surface area contributed by atoms with Crippen molar-refractivity contribution in [3.63, 3.8) is 0 Å². The Morgan fingerprint density at radius 2 is 1.63 bits per heavy atom. The monoisotopic (exact) mass is 369 g/mol. The second-order valence-corrected chi connectivity index (χ2v) is 6.45. The number of carboxylic acids is 1. The minimum atomic E-state index is -0.883. The summed E-state index contributed by atoms with van der Waals surface area (Å²) in [6.45, 7) is 2.95. The van der Waals surface area contributed by atoms with E-state index >= 15 is 0 Å². The third-order valence-electron chi connectivity index (χ3n) is 4.71. The number of hydrogen-bond donors (Lipinski definition) is 1. The van der Waals surface area contributed by atoms with E-state index < -0.39 is 11.9 Å². The predicted molar refractivity (Wildman–Crippen MR) is 100.0 cm³/mol.